The molecule has 78 valence electrons. The van der Waals surface area contributed by atoms with Gasteiger partial charge in [0.2, 0.25) is 5.82 Å². The fraction of sp³-hybridized carbons (Fsp3) is 0.714. The summed E-state index contributed by atoms with van der Waals surface area (Å²) < 4.78 is 38.2. The van der Waals surface area contributed by atoms with Crippen molar-refractivity contribution in [2.45, 2.75) is 19.3 Å². The van der Waals surface area contributed by atoms with Gasteiger partial charge in [0.05, 0.1) is 6.54 Å². The van der Waals surface area contributed by atoms with Gasteiger partial charge in [0.1, 0.15) is 5.82 Å². The molecule has 0 bridgehead atoms. The zero-order chi connectivity index (χ0) is 10.3. The molecule has 1 aliphatic heterocycles. The predicted molar refractivity (Wildman–Crippen MR) is 41.4 cm³/mol. The third kappa shape index (κ3) is 1.47. The molecule has 1 aromatic heterocycles. The number of aromatic nitrogens is 3. The number of halogens is 3. The van der Waals surface area contributed by atoms with Crippen molar-refractivity contribution < 1.29 is 13.2 Å². The van der Waals surface area contributed by atoms with E-state index >= 15 is 0 Å². The van der Waals surface area contributed by atoms with Gasteiger partial charge in [-0.05, 0) is 7.05 Å². The van der Waals surface area contributed by atoms with E-state index in [1.54, 1.807) is 0 Å². The van der Waals surface area contributed by atoms with E-state index in [0.29, 0.717) is 25.5 Å². The molecule has 4 nitrogen and oxygen atoms in total. The van der Waals surface area contributed by atoms with Gasteiger partial charge in [-0.3, -0.25) is 4.90 Å². The Balaban J connectivity index is 2.38. The number of hydrogen-bond acceptors (Lipinski definition) is 3. The standard InChI is InChI=1S/C7H9F3N4/c1-13-2-3-14-5(4-13)11-12-6(14)7(8,9)10/h2-4H2,1H3. The van der Waals surface area contributed by atoms with E-state index in [0.717, 1.165) is 4.57 Å². The molecule has 0 fully saturated rings. The lowest BCUT2D eigenvalue weighted by molar-refractivity contribution is -0.147. The van der Waals surface area contributed by atoms with Crippen molar-refractivity contribution in [3.8, 4) is 0 Å². The molecule has 1 aliphatic rings. The Morgan fingerprint density at radius 1 is 1.21 bits per heavy atom. The van der Waals surface area contributed by atoms with Crippen molar-refractivity contribution in [1.82, 2.24) is 19.7 Å². The lowest BCUT2D eigenvalue weighted by Crippen LogP contribution is -2.32. The summed E-state index contributed by atoms with van der Waals surface area (Å²) in [5.74, 6) is -0.508. The summed E-state index contributed by atoms with van der Waals surface area (Å²) in [7, 11) is 1.84. The molecule has 7 heteroatoms. The normalized spacial score (nSPS) is 18.3. The molecule has 0 saturated heterocycles. The van der Waals surface area contributed by atoms with Crippen molar-refractivity contribution in [2.75, 3.05) is 13.6 Å². The second-order valence-corrected chi connectivity index (χ2v) is 3.33. The zero-order valence-corrected chi connectivity index (χ0v) is 7.54. The fourth-order valence-corrected chi connectivity index (χ4v) is 1.49. The molecule has 0 amide bonds. The van der Waals surface area contributed by atoms with Crippen LogP contribution in [-0.2, 0) is 19.3 Å². The number of nitrogens with zero attached hydrogens (tertiary/aromatic N) is 4. The average Bonchev–Trinajstić information content (AvgIpc) is 2.45. The van der Waals surface area contributed by atoms with Crippen LogP contribution in [0.5, 0.6) is 0 Å². The van der Waals surface area contributed by atoms with E-state index < -0.39 is 12.0 Å². The molecule has 0 N–H and O–H groups in total. The molecule has 0 radical (unpaired) electrons. The molecule has 2 rings (SSSR count). The third-order valence-corrected chi connectivity index (χ3v) is 2.20. The van der Waals surface area contributed by atoms with Crippen LogP contribution in [0.25, 0.3) is 0 Å². The van der Waals surface area contributed by atoms with Crippen LogP contribution in [0.4, 0.5) is 13.2 Å². The Hall–Kier alpha value is -1.11. The maximum Gasteiger partial charge on any atom is 0.451 e. The van der Waals surface area contributed by atoms with E-state index in [9.17, 15) is 13.2 Å². The summed E-state index contributed by atoms with van der Waals surface area (Å²) in [5.41, 5.74) is 0. The molecule has 2 heterocycles. The second-order valence-electron chi connectivity index (χ2n) is 3.33. The van der Waals surface area contributed by atoms with Crippen LogP contribution in [0.15, 0.2) is 0 Å². The van der Waals surface area contributed by atoms with Gasteiger partial charge < -0.3 is 4.57 Å². The Bertz CT molecular complexity index is 343. The summed E-state index contributed by atoms with van der Waals surface area (Å²) in [5, 5.41) is 6.69. The molecule has 1 aromatic rings. The second kappa shape index (κ2) is 2.94. The van der Waals surface area contributed by atoms with Crippen LogP contribution in [0, 0.1) is 0 Å². The molecule has 14 heavy (non-hydrogen) atoms. The summed E-state index contributed by atoms with van der Waals surface area (Å²) in [6.07, 6.45) is -4.40. The zero-order valence-electron chi connectivity index (χ0n) is 7.54. The van der Waals surface area contributed by atoms with E-state index in [2.05, 4.69) is 10.2 Å². The predicted octanol–water partition coefficient (Wildman–Crippen LogP) is 0.742. The van der Waals surface area contributed by atoms with Gasteiger partial charge in [0.15, 0.2) is 0 Å². The van der Waals surface area contributed by atoms with Gasteiger partial charge in [-0.15, -0.1) is 10.2 Å². The van der Waals surface area contributed by atoms with Crippen molar-refractivity contribution >= 4 is 0 Å². The molecule has 0 aliphatic carbocycles. The highest BCUT2D eigenvalue weighted by Crippen LogP contribution is 2.29. The van der Waals surface area contributed by atoms with Crippen molar-refractivity contribution in [3.05, 3.63) is 11.6 Å². The van der Waals surface area contributed by atoms with Gasteiger partial charge in [-0.1, -0.05) is 0 Å². The molecule has 0 saturated carbocycles. The van der Waals surface area contributed by atoms with Gasteiger partial charge in [-0.25, -0.2) is 0 Å². The molecule has 0 aromatic carbocycles. The lowest BCUT2D eigenvalue weighted by Gasteiger charge is -2.23. The number of fused-ring (bicyclic) bond motifs is 1. The van der Waals surface area contributed by atoms with Gasteiger partial charge in [0, 0.05) is 13.1 Å². The van der Waals surface area contributed by atoms with Crippen molar-refractivity contribution in [3.63, 3.8) is 0 Å². The van der Waals surface area contributed by atoms with E-state index in [-0.39, 0.29) is 0 Å². The number of alkyl halides is 3. The third-order valence-electron chi connectivity index (χ3n) is 2.20. The maximum atomic E-state index is 12.4. The highest BCUT2D eigenvalue weighted by atomic mass is 19.4. The monoisotopic (exact) mass is 206 g/mol. The minimum Gasteiger partial charge on any atom is -0.305 e. The van der Waals surface area contributed by atoms with Crippen molar-refractivity contribution in [1.29, 1.82) is 0 Å². The quantitative estimate of drug-likeness (QED) is 0.628. The number of rotatable bonds is 0. The Morgan fingerprint density at radius 3 is 2.57 bits per heavy atom. The molecular formula is C7H9F3N4. The Labute approximate surface area is 78.3 Å². The molecule has 0 atom stereocenters. The largest absolute Gasteiger partial charge is 0.451 e. The topological polar surface area (TPSA) is 34.0 Å². The molecule has 0 spiro atoms. The first-order chi connectivity index (χ1) is 6.48. The van der Waals surface area contributed by atoms with Crippen LogP contribution in [0.3, 0.4) is 0 Å². The van der Waals surface area contributed by atoms with Crippen LogP contribution in [-0.4, -0.2) is 33.3 Å². The summed E-state index contributed by atoms with van der Waals surface area (Å²) >= 11 is 0. The SMILES string of the molecule is CN1CCn2c(nnc2C(F)(F)F)C1. The first-order valence-electron chi connectivity index (χ1n) is 4.16. The molecular weight excluding hydrogens is 197 g/mol. The minimum atomic E-state index is -4.40. The smallest absolute Gasteiger partial charge is 0.305 e. The number of hydrogen-bond donors (Lipinski definition) is 0. The summed E-state index contributed by atoms with van der Waals surface area (Å²) in [6, 6.07) is 0. The summed E-state index contributed by atoms with van der Waals surface area (Å²) in [6.45, 7) is 1.31. The average molecular weight is 206 g/mol. The summed E-state index contributed by atoms with van der Waals surface area (Å²) in [4.78, 5) is 1.91. The van der Waals surface area contributed by atoms with Gasteiger partial charge in [0.25, 0.3) is 0 Å². The lowest BCUT2D eigenvalue weighted by atomic mass is 10.3. The van der Waals surface area contributed by atoms with Gasteiger partial charge >= 0.3 is 6.18 Å². The van der Waals surface area contributed by atoms with Crippen LogP contribution < -0.4 is 0 Å². The first kappa shape index (κ1) is 9.45. The Kier molecular flexibility index (Phi) is 1.99. The van der Waals surface area contributed by atoms with Crippen molar-refractivity contribution in [2.24, 2.45) is 0 Å². The van der Waals surface area contributed by atoms with Crippen LogP contribution in [0.2, 0.25) is 0 Å². The minimum absolute atomic E-state index is 0.299. The fourth-order valence-electron chi connectivity index (χ4n) is 1.49. The Morgan fingerprint density at radius 2 is 1.93 bits per heavy atom. The van der Waals surface area contributed by atoms with E-state index in [4.69, 9.17) is 0 Å². The van der Waals surface area contributed by atoms with E-state index in [1.165, 1.54) is 0 Å². The van der Waals surface area contributed by atoms with Crippen LogP contribution >= 0.6 is 0 Å². The highest BCUT2D eigenvalue weighted by Gasteiger charge is 2.39. The number of likely N-dealkylation sites (N-methyl/N-ethyl adjacent to an activating group) is 1. The highest BCUT2D eigenvalue weighted by molar-refractivity contribution is 5.01. The van der Waals surface area contributed by atoms with E-state index in [1.807, 2.05) is 11.9 Å². The maximum absolute atomic E-state index is 12.4. The van der Waals surface area contributed by atoms with Crippen LogP contribution in [0.1, 0.15) is 11.6 Å². The molecule has 0 unspecified atom stereocenters. The van der Waals surface area contributed by atoms with Gasteiger partial charge in [-0.2, -0.15) is 13.2 Å². The first-order valence-corrected chi connectivity index (χ1v) is 4.16.